The zero-order chi connectivity index (χ0) is 16.2. The zero-order valence-corrected chi connectivity index (χ0v) is 13.4. The van der Waals surface area contributed by atoms with Crippen LogP contribution in [0.2, 0.25) is 0 Å². The third-order valence-corrected chi connectivity index (χ3v) is 4.29. The second kappa shape index (κ2) is 6.55. The van der Waals surface area contributed by atoms with E-state index >= 15 is 0 Å². The van der Waals surface area contributed by atoms with Crippen LogP contribution in [0.15, 0.2) is 103 Å². The highest BCUT2D eigenvalue weighted by Crippen LogP contribution is 2.32. The average molecular weight is 306 g/mol. The van der Waals surface area contributed by atoms with E-state index in [1.165, 1.54) is 33.4 Å². The summed E-state index contributed by atoms with van der Waals surface area (Å²) in [5.41, 5.74) is 7.52. The van der Waals surface area contributed by atoms with E-state index in [4.69, 9.17) is 0 Å². The van der Waals surface area contributed by atoms with Crippen LogP contribution in [0, 0.1) is 0 Å². The predicted molar refractivity (Wildman–Crippen MR) is 103 cm³/mol. The molecule has 0 heteroatoms. The molecule has 0 bridgehead atoms. The highest BCUT2D eigenvalue weighted by atomic mass is 14.1. The van der Waals surface area contributed by atoms with Crippen LogP contribution in [0.4, 0.5) is 0 Å². The van der Waals surface area contributed by atoms with Crippen molar-refractivity contribution >= 4 is 11.6 Å². The molecule has 4 rings (SSSR count). The lowest BCUT2D eigenvalue weighted by atomic mass is 9.95. The lowest BCUT2D eigenvalue weighted by Crippen LogP contribution is -1.87. The molecule has 0 amide bonds. The van der Waals surface area contributed by atoms with E-state index in [2.05, 4.69) is 109 Å². The Morgan fingerprint density at radius 2 is 1.04 bits per heavy atom. The van der Waals surface area contributed by atoms with Crippen molar-refractivity contribution in [3.8, 4) is 11.1 Å². The van der Waals surface area contributed by atoms with Gasteiger partial charge in [0.1, 0.15) is 0 Å². The summed E-state index contributed by atoms with van der Waals surface area (Å²) in [6.07, 6.45) is 2.30. The van der Waals surface area contributed by atoms with E-state index in [9.17, 15) is 0 Å². The van der Waals surface area contributed by atoms with Crippen molar-refractivity contribution in [2.45, 2.75) is 0 Å². The molecule has 2 aliphatic carbocycles. The van der Waals surface area contributed by atoms with Gasteiger partial charge in [0.15, 0.2) is 0 Å². The number of fused-ring (bicyclic) bond motifs is 1. The molecule has 0 aromatic heterocycles. The van der Waals surface area contributed by atoms with E-state index in [0.717, 1.165) is 0 Å². The predicted octanol–water partition coefficient (Wildman–Crippen LogP) is 6.38. The van der Waals surface area contributed by atoms with Crippen molar-refractivity contribution < 1.29 is 0 Å². The fourth-order valence-corrected chi connectivity index (χ4v) is 3.09. The Morgan fingerprint density at radius 3 is 1.67 bits per heavy atom. The van der Waals surface area contributed by atoms with E-state index < -0.39 is 0 Å². The smallest absolute Gasteiger partial charge is 0.0105 e. The molecular weight excluding hydrogens is 288 g/mol. The number of rotatable bonds is 3. The van der Waals surface area contributed by atoms with Crippen molar-refractivity contribution in [1.82, 2.24) is 0 Å². The van der Waals surface area contributed by atoms with Gasteiger partial charge in [0.05, 0.1) is 0 Å². The summed E-state index contributed by atoms with van der Waals surface area (Å²) in [5, 5.41) is 0. The summed E-state index contributed by atoms with van der Waals surface area (Å²) in [4.78, 5) is 0. The summed E-state index contributed by atoms with van der Waals surface area (Å²) in [6.45, 7) is 0. The van der Waals surface area contributed by atoms with Crippen LogP contribution in [0.5, 0.6) is 0 Å². The third kappa shape index (κ3) is 2.87. The standard InChI is InChI=1S/C24H18/c1-4-10-19(11-5-1)24(20-12-6-2-7-13-20)18-22-17-16-21-14-8-3-9-15-23(21)22/h1-18H. The van der Waals surface area contributed by atoms with Crippen molar-refractivity contribution in [2.75, 3.05) is 0 Å². The molecule has 0 aliphatic heterocycles. The van der Waals surface area contributed by atoms with E-state index in [0.29, 0.717) is 0 Å². The van der Waals surface area contributed by atoms with Gasteiger partial charge < -0.3 is 0 Å². The monoisotopic (exact) mass is 306 g/mol. The maximum absolute atomic E-state index is 2.30. The van der Waals surface area contributed by atoms with Gasteiger partial charge >= 0.3 is 0 Å². The van der Waals surface area contributed by atoms with Crippen LogP contribution in [0.1, 0.15) is 16.7 Å². The van der Waals surface area contributed by atoms with Crippen LogP contribution in [-0.2, 0) is 0 Å². The SMILES string of the molecule is C(=C(c1ccccc1)c1ccccc1)c1ccc2cccccc1-2. The topological polar surface area (TPSA) is 0 Å². The average Bonchev–Trinajstić information content (AvgIpc) is 2.87. The molecule has 0 N–H and O–H groups in total. The first-order valence-corrected chi connectivity index (χ1v) is 8.22. The molecule has 0 atom stereocenters. The van der Waals surface area contributed by atoms with Crippen LogP contribution in [0.3, 0.4) is 0 Å². The largest absolute Gasteiger partial charge is 0.0622 e. The molecule has 114 valence electrons. The summed E-state index contributed by atoms with van der Waals surface area (Å²) in [5.74, 6) is 0. The van der Waals surface area contributed by atoms with Crippen molar-refractivity contribution in [3.05, 3.63) is 120 Å². The third-order valence-electron chi connectivity index (χ3n) is 4.29. The molecule has 0 saturated carbocycles. The fourth-order valence-electron chi connectivity index (χ4n) is 3.09. The molecule has 24 heavy (non-hydrogen) atoms. The maximum atomic E-state index is 2.30. The molecule has 2 aliphatic rings. The number of hydrogen-bond donors (Lipinski definition) is 0. The Hall–Kier alpha value is -3.12. The van der Waals surface area contributed by atoms with Gasteiger partial charge in [-0.1, -0.05) is 103 Å². The van der Waals surface area contributed by atoms with Crippen LogP contribution >= 0.6 is 0 Å². The molecule has 0 heterocycles. The van der Waals surface area contributed by atoms with Crippen LogP contribution in [-0.4, -0.2) is 0 Å². The van der Waals surface area contributed by atoms with E-state index in [1.54, 1.807) is 0 Å². The fraction of sp³-hybridized carbons (Fsp3) is 0. The Morgan fingerprint density at radius 1 is 0.500 bits per heavy atom. The molecule has 0 radical (unpaired) electrons. The molecule has 2 aromatic rings. The lowest BCUT2D eigenvalue weighted by molar-refractivity contribution is 1.56. The summed E-state index contributed by atoms with van der Waals surface area (Å²) in [7, 11) is 0. The van der Waals surface area contributed by atoms with Gasteiger partial charge in [-0.25, -0.2) is 0 Å². The second-order valence-electron chi connectivity index (χ2n) is 5.86. The summed E-state index contributed by atoms with van der Waals surface area (Å²) < 4.78 is 0. The molecular formula is C24H18. The minimum absolute atomic E-state index is 1.23. The van der Waals surface area contributed by atoms with Crippen LogP contribution < -0.4 is 0 Å². The minimum Gasteiger partial charge on any atom is -0.0622 e. The van der Waals surface area contributed by atoms with E-state index in [1.807, 2.05) is 0 Å². The van der Waals surface area contributed by atoms with Crippen LogP contribution in [0.25, 0.3) is 22.8 Å². The Bertz CT molecular complexity index is 892. The van der Waals surface area contributed by atoms with Gasteiger partial charge in [0.25, 0.3) is 0 Å². The zero-order valence-electron chi connectivity index (χ0n) is 13.4. The van der Waals surface area contributed by atoms with Gasteiger partial charge in [-0.3, -0.25) is 0 Å². The van der Waals surface area contributed by atoms with Crippen molar-refractivity contribution in [3.63, 3.8) is 0 Å². The highest BCUT2D eigenvalue weighted by Gasteiger charge is 2.09. The molecule has 0 spiro atoms. The van der Waals surface area contributed by atoms with Gasteiger partial charge in [-0.2, -0.15) is 0 Å². The summed E-state index contributed by atoms with van der Waals surface area (Å²) >= 11 is 0. The second-order valence-corrected chi connectivity index (χ2v) is 5.86. The first kappa shape index (κ1) is 14.5. The normalized spacial score (nSPS) is 10.5. The van der Waals surface area contributed by atoms with Gasteiger partial charge in [-0.15, -0.1) is 0 Å². The first-order valence-electron chi connectivity index (χ1n) is 8.22. The quantitative estimate of drug-likeness (QED) is 0.412. The lowest BCUT2D eigenvalue weighted by Gasteiger charge is -2.09. The molecule has 0 unspecified atom stereocenters. The summed E-state index contributed by atoms with van der Waals surface area (Å²) in [6, 6.07) is 36.2. The van der Waals surface area contributed by atoms with Crippen molar-refractivity contribution in [2.24, 2.45) is 0 Å². The molecule has 0 nitrogen and oxygen atoms in total. The van der Waals surface area contributed by atoms with Gasteiger partial charge in [0.2, 0.25) is 0 Å². The number of benzene rings is 2. The highest BCUT2D eigenvalue weighted by molar-refractivity contribution is 5.95. The molecule has 2 aromatic carbocycles. The Labute approximate surface area is 143 Å². The molecule has 0 fully saturated rings. The van der Waals surface area contributed by atoms with Gasteiger partial charge in [0, 0.05) is 0 Å². The van der Waals surface area contributed by atoms with E-state index in [-0.39, 0.29) is 0 Å². The Kier molecular flexibility index (Phi) is 3.95. The first-order chi connectivity index (χ1) is 11.9. The maximum Gasteiger partial charge on any atom is -0.0105 e. The van der Waals surface area contributed by atoms with Crippen molar-refractivity contribution in [1.29, 1.82) is 0 Å². The molecule has 0 saturated heterocycles. The Balaban J connectivity index is 1.89. The minimum atomic E-state index is 1.23. The number of hydrogen-bond acceptors (Lipinski definition) is 0. The van der Waals surface area contributed by atoms with Gasteiger partial charge in [-0.05, 0) is 39.5 Å².